The van der Waals surface area contributed by atoms with Crippen LogP contribution in [0.3, 0.4) is 0 Å². The van der Waals surface area contributed by atoms with Gasteiger partial charge in [-0.2, -0.15) is 0 Å². The fourth-order valence-corrected chi connectivity index (χ4v) is 1.12. The summed E-state index contributed by atoms with van der Waals surface area (Å²) in [6.07, 6.45) is 1.71. The van der Waals surface area contributed by atoms with Gasteiger partial charge in [0.25, 0.3) is 5.69 Å². The van der Waals surface area contributed by atoms with E-state index in [1.54, 1.807) is 24.1 Å². The normalized spacial score (nSPS) is 9.82. The summed E-state index contributed by atoms with van der Waals surface area (Å²) in [4.78, 5) is 4.95. The minimum absolute atomic E-state index is 0.524. The summed E-state index contributed by atoms with van der Waals surface area (Å²) >= 11 is 11.6. The van der Waals surface area contributed by atoms with Crippen molar-refractivity contribution in [2.24, 2.45) is 0 Å². The van der Waals surface area contributed by atoms with Crippen molar-refractivity contribution in [2.75, 3.05) is 7.11 Å². The van der Waals surface area contributed by atoms with Crippen LogP contribution in [0.25, 0.3) is 0 Å². The third-order valence-corrected chi connectivity index (χ3v) is 2.30. The third kappa shape index (κ3) is 1.57. The van der Waals surface area contributed by atoms with Gasteiger partial charge in [-0.15, -0.1) is 0 Å². The van der Waals surface area contributed by atoms with Gasteiger partial charge < -0.3 is 0 Å². The average Bonchev–Trinajstić information content (AvgIpc) is 2.01. The van der Waals surface area contributed by atoms with Crippen molar-refractivity contribution in [3.05, 3.63) is 28.0 Å². The van der Waals surface area contributed by atoms with Crippen LogP contribution in [-0.2, 0) is 0 Å². The molecule has 0 radical (unpaired) electrons. The molecule has 4 heteroatoms. The van der Waals surface area contributed by atoms with Gasteiger partial charge in [-0.05, 0) is 0 Å². The third-order valence-electron chi connectivity index (χ3n) is 1.41. The predicted molar refractivity (Wildman–Crippen MR) is 43.9 cm³/mol. The summed E-state index contributed by atoms with van der Waals surface area (Å²) in [5.74, 6) is 0. The van der Waals surface area contributed by atoms with Crippen LogP contribution in [0.15, 0.2) is 12.3 Å². The molecule has 0 spiro atoms. The minimum Gasteiger partial charge on any atom is -0.274 e. The number of pyridine rings is 1. The monoisotopic (exact) mass is 192 g/mol. The molecule has 2 nitrogen and oxygen atoms in total. The Kier molecular flexibility index (Phi) is 2.58. The van der Waals surface area contributed by atoms with E-state index in [1.165, 1.54) is 0 Å². The van der Waals surface area contributed by atoms with Gasteiger partial charge in [-0.3, -0.25) is 4.84 Å². The van der Waals surface area contributed by atoms with Gasteiger partial charge in [0.2, 0.25) is 6.20 Å². The molecule has 1 heterocycles. The Hall–Kier alpha value is -0.470. The summed E-state index contributed by atoms with van der Waals surface area (Å²) in [6.45, 7) is 1.83. The highest BCUT2D eigenvalue weighted by molar-refractivity contribution is 6.42. The molecule has 0 saturated heterocycles. The van der Waals surface area contributed by atoms with Crippen molar-refractivity contribution >= 4 is 23.2 Å². The molecule has 0 aliphatic heterocycles. The molecule has 1 rings (SSSR count). The van der Waals surface area contributed by atoms with Crippen LogP contribution >= 0.6 is 23.2 Å². The molecule has 1 aromatic rings. The molecule has 0 aliphatic rings. The number of nitrogens with zero attached hydrogens (tertiary/aromatic N) is 1. The number of hydrogen-bond acceptors (Lipinski definition) is 1. The summed E-state index contributed by atoms with van der Waals surface area (Å²) in [6, 6.07) is 1.68. The van der Waals surface area contributed by atoms with Crippen molar-refractivity contribution in [3.63, 3.8) is 0 Å². The van der Waals surface area contributed by atoms with E-state index in [9.17, 15) is 0 Å². The molecular weight excluding hydrogens is 185 g/mol. The fourth-order valence-electron chi connectivity index (χ4n) is 0.785. The largest absolute Gasteiger partial charge is 0.274 e. The number of halogens is 2. The number of aromatic nitrogens is 1. The summed E-state index contributed by atoms with van der Waals surface area (Å²) in [5, 5.41) is 1.06. The molecule has 11 heavy (non-hydrogen) atoms. The Balaban J connectivity index is 3.25. The molecule has 0 saturated carbocycles. The van der Waals surface area contributed by atoms with Crippen LogP contribution in [0, 0.1) is 6.92 Å². The molecule has 1 aromatic heterocycles. The second-order valence-corrected chi connectivity index (χ2v) is 2.86. The molecule has 0 fully saturated rings. The van der Waals surface area contributed by atoms with Gasteiger partial charge in [0, 0.05) is 17.7 Å². The molecule has 0 bridgehead atoms. The Morgan fingerprint density at radius 3 is 2.64 bits per heavy atom. The van der Waals surface area contributed by atoms with Crippen LogP contribution in [0.5, 0.6) is 0 Å². The Bertz CT molecular complexity index is 275. The molecule has 0 aromatic carbocycles. The first kappa shape index (κ1) is 8.62. The number of rotatable bonds is 1. The van der Waals surface area contributed by atoms with E-state index < -0.39 is 0 Å². The lowest BCUT2D eigenvalue weighted by Gasteiger charge is -1.97. The average molecular weight is 193 g/mol. The number of hydrogen-bond donors (Lipinski definition) is 0. The zero-order chi connectivity index (χ0) is 8.43. The van der Waals surface area contributed by atoms with Crippen molar-refractivity contribution in [1.82, 2.24) is 0 Å². The predicted octanol–water partition coefficient (Wildman–Crippen LogP) is 1.65. The van der Waals surface area contributed by atoms with Gasteiger partial charge in [-0.25, -0.2) is 0 Å². The standard InChI is InChI=1S/C7H8Cl2NO/c1-5-7(9)6(8)3-4-10(5)11-2/h3-4H,1-2H3/q+1. The topological polar surface area (TPSA) is 13.1 Å². The van der Waals surface area contributed by atoms with Crippen molar-refractivity contribution < 1.29 is 9.57 Å². The lowest BCUT2D eigenvalue weighted by atomic mass is 10.4. The Labute approximate surface area is 75.3 Å². The lowest BCUT2D eigenvalue weighted by Crippen LogP contribution is -2.43. The maximum absolute atomic E-state index is 5.83. The first-order valence-corrected chi connectivity index (χ1v) is 3.83. The first-order chi connectivity index (χ1) is 5.16. The van der Waals surface area contributed by atoms with Gasteiger partial charge in [0.15, 0.2) is 0 Å². The van der Waals surface area contributed by atoms with Gasteiger partial charge in [0.05, 0.1) is 5.02 Å². The van der Waals surface area contributed by atoms with Crippen molar-refractivity contribution in [3.8, 4) is 0 Å². The van der Waals surface area contributed by atoms with Crippen LogP contribution < -0.4 is 9.57 Å². The zero-order valence-corrected chi connectivity index (χ0v) is 7.78. The van der Waals surface area contributed by atoms with E-state index >= 15 is 0 Å². The first-order valence-electron chi connectivity index (χ1n) is 3.07. The molecular formula is C7H8Cl2NO+. The molecule has 0 aliphatic carbocycles. The summed E-state index contributed by atoms with van der Waals surface area (Å²) in [5.41, 5.74) is 0.793. The highest BCUT2D eigenvalue weighted by Crippen LogP contribution is 2.21. The van der Waals surface area contributed by atoms with Crippen molar-refractivity contribution in [2.45, 2.75) is 6.92 Å². The fraction of sp³-hybridized carbons (Fsp3) is 0.286. The quantitative estimate of drug-likeness (QED) is 0.618. The summed E-state index contributed by atoms with van der Waals surface area (Å²) < 4.78 is 1.55. The van der Waals surface area contributed by atoms with E-state index in [0.29, 0.717) is 10.0 Å². The van der Waals surface area contributed by atoms with E-state index in [2.05, 4.69) is 0 Å². The molecule has 0 atom stereocenters. The maximum atomic E-state index is 5.83. The molecule has 0 unspecified atom stereocenters. The zero-order valence-electron chi connectivity index (χ0n) is 6.27. The maximum Gasteiger partial charge on any atom is 0.251 e. The van der Waals surface area contributed by atoms with Gasteiger partial charge in [-0.1, -0.05) is 23.2 Å². The highest BCUT2D eigenvalue weighted by Gasteiger charge is 2.13. The lowest BCUT2D eigenvalue weighted by molar-refractivity contribution is -0.889. The van der Waals surface area contributed by atoms with E-state index in [0.717, 1.165) is 5.69 Å². The van der Waals surface area contributed by atoms with Crippen LogP contribution in [0.1, 0.15) is 5.69 Å². The van der Waals surface area contributed by atoms with Crippen LogP contribution in [0.4, 0.5) is 0 Å². The smallest absolute Gasteiger partial charge is 0.251 e. The van der Waals surface area contributed by atoms with Crippen LogP contribution in [-0.4, -0.2) is 7.11 Å². The Morgan fingerprint density at radius 1 is 1.45 bits per heavy atom. The Morgan fingerprint density at radius 2 is 2.09 bits per heavy atom. The molecule has 0 amide bonds. The van der Waals surface area contributed by atoms with Gasteiger partial charge in [0.1, 0.15) is 12.1 Å². The second kappa shape index (κ2) is 3.28. The van der Waals surface area contributed by atoms with E-state index in [1.807, 2.05) is 6.92 Å². The molecule has 60 valence electrons. The van der Waals surface area contributed by atoms with E-state index in [-0.39, 0.29) is 0 Å². The highest BCUT2D eigenvalue weighted by atomic mass is 35.5. The molecule has 0 N–H and O–H groups in total. The minimum atomic E-state index is 0.524. The van der Waals surface area contributed by atoms with Crippen molar-refractivity contribution in [1.29, 1.82) is 0 Å². The van der Waals surface area contributed by atoms with Gasteiger partial charge >= 0.3 is 0 Å². The second-order valence-electron chi connectivity index (χ2n) is 2.07. The SMILES string of the molecule is CO[n+]1ccc(Cl)c(Cl)c1C. The van der Waals surface area contributed by atoms with E-state index in [4.69, 9.17) is 28.0 Å². The van der Waals surface area contributed by atoms with Crippen LogP contribution in [0.2, 0.25) is 10.0 Å². The summed E-state index contributed by atoms with van der Waals surface area (Å²) in [7, 11) is 1.57.